The minimum absolute atomic E-state index is 0.372. The van der Waals surface area contributed by atoms with Crippen molar-refractivity contribution >= 4 is 30.5 Å². The maximum absolute atomic E-state index is 11.8. The van der Waals surface area contributed by atoms with Crippen molar-refractivity contribution < 1.29 is 24.6 Å². The fourth-order valence-electron chi connectivity index (χ4n) is 1.56. The van der Waals surface area contributed by atoms with Crippen LogP contribution < -0.4 is 0 Å². The van der Waals surface area contributed by atoms with Crippen molar-refractivity contribution in [2.24, 2.45) is 5.92 Å². The number of aliphatic carboxylic acids is 2. The van der Waals surface area contributed by atoms with E-state index in [1.807, 2.05) is 0 Å². The van der Waals surface area contributed by atoms with Gasteiger partial charge in [0.15, 0.2) is 0 Å². The van der Waals surface area contributed by atoms with E-state index in [0.29, 0.717) is 13.1 Å². The van der Waals surface area contributed by atoms with E-state index in [-0.39, 0.29) is 12.3 Å². The molecule has 0 rings (SSSR count). The third-order valence-corrected chi connectivity index (χ3v) is 3.41. The summed E-state index contributed by atoms with van der Waals surface area (Å²) >= 11 is 3.87. The van der Waals surface area contributed by atoms with E-state index in [0.717, 1.165) is 0 Å². The fraction of sp³-hybridized carbons (Fsp3) is 0.727. The number of carboxylic acid groups (broad SMARTS) is 2. The molecule has 0 aliphatic heterocycles. The maximum Gasteiger partial charge on any atom is 0.320 e. The second-order valence-electron chi connectivity index (χ2n) is 4.11. The third kappa shape index (κ3) is 3.90. The largest absolute Gasteiger partial charge is 0.481 e. The number of rotatable bonds is 7. The molecule has 0 fully saturated rings. The summed E-state index contributed by atoms with van der Waals surface area (Å²) in [6, 6.07) is 0. The van der Waals surface area contributed by atoms with E-state index in [1.165, 1.54) is 11.8 Å². The van der Waals surface area contributed by atoms with Crippen molar-refractivity contribution in [3.8, 4) is 0 Å². The topological polar surface area (TPSA) is 94.9 Å². The Labute approximate surface area is 111 Å². The lowest BCUT2D eigenvalue weighted by molar-refractivity contribution is -0.153. The standard InChI is InChI=1S/C11H19NO5S/c1-4-12(5-2)8(13)6-7(9(14)15)11(3,18)10(16)17/h7,18H,4-6H2,1-3H3,(H,14,15)(H,16,17). The van der Waals surface area contributed by atoms with Gasteiger partial charge >= 0.3 is 11.9 Å². The normalized spacial score (nSPS) is 15.6. The second kappa shape index (κ2) is 6.63. The van der Waals surface area contributed by atoms with Crippen LogP contribution in [0.2, 0.25) is 0 Å². The monoisotopic (exact) mass is 277 g/mol. The molecule has 0 aliphatic carbocycles. The van der Waals surface area contributed by atoms with Crippen LogP contribution in [-0.4, -0.2) is 50.8 Å². The first-order valence-electron chi connectivity index (χ1n) is 5.64. The van der Waals surface area contributed by atoms with Gasteiger partial charge in [-0.25, -0.2) is 0 Å². The van der Waals surface area contributed by atoms with Crippen LogP contribution in [0.15, 0.2) is 0 Å². The highest BCUT2D eigenvalue weighted by atomic mass is 32.1. The van der Waals surface area contributed by atoms with E-state index in [4.69, 9.17) is 10.2 Å². The van der Waals surface area contributed by atoms with Crippen molar-refractivity contribution in [2.45, 2.75) is 31.9 Å². The van der Waals surface area contributed by atoms with Gasteiger partial charge in [-0.3, -0.25) is 14.4 Å². The quantitative estimate of drug-likeness (QED) is 0.596. The molecule has 0 aromatic carbocycles. The van der Waals surface area contributed by atoms with Crippen LogP contribution in [-0.2, 0) is 14.4 Å². The van der Waals surface area contributed by atoms with Crippen molar-refractivity contribution in [3.63, 3.8) is 0 Å². The third-order valence-electron chi connectivity index (χ3n) is 2.90. The molecule has 0 heterocycles. The second-order valence-corrected chi connectivity index (χ2v) is 5.04. The lowest BCUT2D eigenvalue weighted by atomic mass is 9.89. The maximum atomic E-state index is 11.8. The molecule has 104 valence electrons. The van der Waals surface area contributed by atoms with Gasteiger partial charge in [-0.15, -0.1) is 0 Å². The number of thiol groups is 1. The Balaban J connectivity index is 5.02. The van der Waals surface area contributed by atoms with Gasteiger partial charge in [0, 0.05) is 19.5 Å². The predicted molar refractivity (Wildman–Crippen MR) is 68.7 cm³/mol. The van der Waals surface area contributed by atoms with Gasteiger partial charge in [0.1, 0.15) is 4.75 Å². The molecule has 6 nitrogen and oxygen atoms in total. The van der Waals surface area contributed by atoms with Crippen molar-refractivity contribution in [1.82, 2.24) is 4.90 Å². The number of hydrogen-bond acceptors (Lipinski definition) is 4. The summed E-state index contributed by atoms with van der Waals surface area (Å²) < 4.78 is -1.78. The Morgan fingerprint density at radius 1 is 1.22 bits per heavy atom. The Kier molecular flexibility index (Phi) is 6.17. The first-order chi connectivity index (χ1) is 8.18. The predicted octanol–water partition coefficient (Wildman–Crippen LogP) is 0.719. The Bertz CT molecular complexity index is 338. The van der Waals surface area contributed by atoms with Crippen LogP contribution in [0, 0.1) is 5.92 Å². The van der Waals surface area contributed by atoms with E-state index in [1.54, 1.807) is 13.8 Å². The van der Waals surface area contributed by atoms with Gasteiger partial charge in [-0.1, -0.05) is 0 Å². The highest BCUT2D eigenvalue weighted by Crippen LogP contribution is 2.28. The van der Waals surface area contributed by atoms with E-state index < -0.39 is 22.6 Å². The van der Waals surface area contributed by atoms with Gasteiger partial charge in [0.2, 0.25) is 5.91 Å². The van der Waals surface area contributed by atoms with Gasteiger partial charge < -0.3 is 15.1 Å². The number of amides is 1. The van der Waals surface area contributed by atoms with Crippen molar-refractivity contribution in [2.75, 3.05) is 13.1 Å². The van der Waals surface area contributed by atoms with Crippen LogP contribution in [0.3, 0.4) is 0 Å². The first-order valence-corrected chi connectivity index (χ1v) is 6.09. The molecule has 0 saturated carbocycles. The molecular weight excluding hydrogens is 258 g/mol. The average molecular weight is 277 g/mol. The van der Waals surface area contributed by atoms with Crippen molar-refractivity contribution in [1.29, 1.82) is 0 Å². The Hall–Kier alpha value is -1.24. The van der Waals surface area contributed by atoms with Gasteiger partial charge in [0.05, 0.1) is 5.92 Å². The molecule has 2 unspecified atom stereocenters. The number of carbonyl (C=O) groups excluding carboxylic acids is 1. The Morgan fingerprint density at radius 3 is 1.94 bits per heavy atom. The van der Waals surface area contributed by atoms with Crippen LogP contribution in [0.25, 0.3) is 0 Å². The lowest BCUT2D eigenvalue weighted by Crippen LogP contribution is -2.45. The molecule has 0 aliphatic rings. The summed E-state index contributed by atoms with van der Waals surface area (Å²) in [7, 11) is 0. The smallest absolute Gasteiger partial charge is 0.320 e. The molecule has 1 amide bonds. The van der Waals surface area contributed by atoms with Crippen LogP contribution in [0.5, 0.6) is 0 Å². The first kappa shape index (κ1) is 16.8. The lowest BCUT2D eigenvalue weighted by Gasteiger charge is -2.28. The van der Waals surface area contributed by atoms with E-state index >= 15 is 0 Å². The molecule has 18 heavy (non-hydrogen) atoms. The summed E-state index contributed by atoms with van der Waals surface area (Å²) in [6.07, 6.45) is -0.372. The summed E-state index contributed by atoms with van der Waals surface area (Å²) in [5.41, 5.74) is 0. The molecule has 0 radical (unpaired) electrons. The summed E-state index contributed by atoms with van der Waals surface area (Å²) in [6.45, 7) is 5.64. The fourth-order valence-corrected chi connectivity index (χ4v) is 1.76. The van der Waals surface area contributed by atoms with Gasteiger partial charge in [0.25, 0.3) is 0 Å². The zero-order valence-corrected chi connectivity index (χ0v) is 11.6. The van der Waals surface area contributed by atoms with E-state index in [2.05, 4.69) is 12.6 Å². The van der Waals surface area contributed by atoms with Gasteiger partial charge in [-0.2, -0.15) is 12.6 Å². The van der Waals surface area contributed by atoms with Crippen molar-refractivity contribution in [3.05, 3.63) is 0 Å². The zero-order valence-electron chi connectivity index (χ0n) is 10.7. The molecule has 0 saturated heterocycles. The van der Waals surface area contributed by atoms with E-state index in [9.17, 15) is 14.4 Å². The molecule has 2 atom stereocenters. The highest BCUT2D eigenvalue weighted by Gasteiger charge is 2.44. The molecule has 0 aromatic rings. The highest BCUT2D eigenvalue weighted by molar-refractivity contribution is 7.82. The molecule has 0 bridgehead atoms. The molecule has 0 spiro atoms. The summed E-state index contributed by atoms with van der Waals surface area (Å²) in [5, 5.41) is 18.0. The zero-order chi connectivity index (χ0) is 14.5. The number of carboxylic acids is 2. The number of carbonyl (C=O) groups is 3. The number of hydrogen-bond donors (Lipinski definition) is 3. The molecular formula is C11H19NO5S. The van der Waals surface area contributed by atoms with Crippen LogP contribution in [0.1, 0.15) is 27.2 Å². The summed E-state index contributed by atoms with van der Waals surface area (Å²) in [5.74, 6) is -4.44. The SMILES string of the molecule is CCN(CC)C(=O)CC(C(=O)O)C(C)(S)C(=O)O. The minimum Gasteiger partial charge on any atom is -0.481 e. The van der Waals surface area contributed by atoms with Crippen LogP contribution in [0.4, 0.5) is 0 Å². The minimum atomic E-state index is -1.78. The van der Waals surface area contributed by atoms with Crippen LogP contribution >= 0.6 is 12.6 Å². The molecule has 7 heteroatoms. The average Bonchev–Trinajstić information content (AvgIpc) is 2.26. The number of nitrogens with zero attached hydrogens (tertiary/aromatic N) is 1. The molecule has 2 N–H and O–H groups in total. The Morgan fingerprint density at radius 2 is 1.67 bits per heavy atom. The summed E-state index contributed by atoms with van der Waals surface area (Å²) in [4.78, 5) is 35.4. The molecule has 0 aromatic heterocycles. The van der Waals surface area contributed by atoms with Gasteiger partial charge in [-0.05, 0) is 20.8 Å².